The smallest absolute Gasteiger partial charge is 0.258 e. The number of hydrogen-bond acceptors (Lipinski definition) is 4. The Morgan fingerprint density at radius 3 is 2.32 bits per heavy atom. The van der Waals surface area contributed by atoms with Gasteiger partial charge >= 0.3 is 0 Å². The third kappa shape index (κ3) is 4.24. The van der Waals surface area contributed by atoms with Crippen LogP contribution in [-0.4, -0.2) is 16.8 Å². The molecule has 2 aromatic carbocycles. The molecule has 0 aliphatic carbocycles. The first kappa shape index (κ1) is 16.7. The summed E-state index contributed by atoms with van der Waals surface area (Å²) in [6, 6.07) is 19.6. The van der Waals surface area contributed by atoms with E-state index in [9.17, 15) is 9.59 Å². The zero-order valence-corrected chi connectivity index (χ0v) is 14.0. The number of aromatic nitrogens is 1. The zero-order chi connectivity index (χ0) is 17.6. The van der Waals surface area contributed by atoms with Gasteiger partial charge in [0.15, 0.2) is 0 Å². The van der Waals surface area contributed by atoms with Crippen LogP contribution in [0.15, 0.2) is 82.8 Å². The van der Waals surface area contributed by atoms with Crippen molar-refractivity contribution >= 4 is 29.3 Å². The lowest BCUT2D eigenvalue weighted by atomic mass is 10.2. The quantitative estimate of drug-likeness (QED) is 0.737. The summed E-state index contributed by atoms with van der Waals surface area (Å²) >= 11 is 1.43. The number of benzene rings is 2. The SMILES string of the molecule is NC(=O)c1ccc(NC(=O)c2cccnc2Sc2ccccc2)cc1. The van der Waals surface area contributed by atoms with Crippen molar-refractivity contribution in [2.45, 2.75) is 9.92 Å². The van der Waals surface area contributed by atoms with Crippen LogP contribution in [0.2, 0.25) is 0 Å². The van der Waals surface area contributed by atoms with E-state index in [1.54, 1.807) is 42.6 Å². The van der Waals surface area contributed by atoms with E-state index in [0.717, 1.165) is 4.90 Å². The number of carbonyl (C=O) groups is 2. The van der Waals surface area contributed by atoms with Crippen LogP contribution in [0, 0.1) is 0 Å². The molecule has 0 radical (unpaired) electrons. The van der Waals surface area contributed by atoms with Gasteiger partial charge < -0.3 is 11.1 Å². The van der Waals surface area contributed by atoms with E-state index in [-0.39, 0.29) is 5.91 Å². The van der Waals surface area contributed by atoms with Gasteiger partial charge in [-0.05, 0) is 48.5 Å². The summed E-state index contributed by atoms with van der Waals surface area (Å²) in [6.45, 7) is 0. The Kier molecular flexibility index (Phi) is 5.11. The predicted octanol–water partition coefficient (Wildman–Crippen LogP) is 3.58. The number of nitrogens with zero attached hydrogens (tertiary/aromatic N) is 1. The van der Waals surface area contributed by atoms with E-state index in [4.69, 9.17) is 5.73 Å². The number of primary amides is 1. The van der Waals surface area contributed by atoms with E-state index in [1.807, 2.05) is 30.3 Å². The first-order chi connectivity index (χ1) is 12.1. The Bertz CT molecular complexity index is 896. The summed E-state index contributed by atoms with van der Waals surface area (Å²) in [4.78, 5) is 29.0. The van der Waals surface area contributed by atoms with Crippen molar-refractivity contribution < 1.29 is 9.59 Å². The van der Waals surface area contributed by atoms with E-state index >= 15 is 0 Å². The maximum absolute atomic E-state index is 12.6. The second-order valence-corrected chi connectivity index (χ2v) is 6.23. The first-order valence-corrected chi connectivity index (χ1v) is 8.34. The fourth-order valence-corrected chi connectivity index (χ4v) is 3.06. The highest BCUT2D eigenvalue weighted by Crippen LogP contribution is 2.28. The first-order valence-electron chi connectivity index (χ1n) is 7.52. The number of rotatable bonds is 5. The van der Waals surface area contributed by atoms with E-state index in [0.29, 0.717) is 21.8 Å². The second kappa shape index (κ2) is 7.63. The van der Waals surface area contributed by atoms with E-state index in [1.165, 1.54) is 11.8 Å². The molecular weight excluding hydrogens is 334 g/mol. The van der Waals surface area contributed by atoms with Crippen LogP contribution in [0.4, 0.5) is 5.69 Å². The van der Waals surface area contributed by atoms with Gasteiger partial charge in [0.2, 0.25) is 5.91 Å². The molecule has 25 heavy (non-hydrogen) atoms. The van der Waals surface area contributed by atoms with Crippen molar-refractivity contribution in [3.05, 3.63) is 84.1 Å². The van der Waals surface area contributed by atoms with Gasteiger partial charge in [-0.15, -0.1) is 0 Å². The number of pyridine rings is 1. The summed E-state index contributed by atoms with van der Waals surface area (Å²) in [7, 11) is 0. The number of nitrogens with one attached hydrogen (secondary N) is 1. The number of nitrogens with two attached hydrogens (primary N) is 1. The standard InChI is InChI=1S/C19H15N3O2S/c20-17(23)13-8-10-14(11-9-13)22-18(24)16-7-4-12-21-19(16)25-15-5-2-1-3-6-15/h1-12H,(H2,20,23)(H,22,24). The second-order valence-electron chi connectivity index (χ2n) is 5.17. The van der Waals surface area contributed by atoms with Crippen molar-refractivity contribution in [3.8, 4) is 0 Å². The Morgan fingerprint density at radius 1 is 0.920 bits per heavy atom. The van der Waals surface area contributed by atoms with E-state index < -0.39 is 5.91 Å². The molecule has 2 amide bonds. The van der Waals surface area contributed by atoms with Gasteiger partial charge in [0.05, 0.1) is 5.56 Å². The van der Waals surface area contributed by atoms with Gasteiger partial charge in [0.25, 0.3) is 5.91 Å². The molecular formula is C19H15N3O2S. The van der Waals surface area contributed by atoms with Crippen molar-refractivity contribution in [2.24, 2.45) is 5.73 Å². The summed E-state index contributed by atoms with van der Waals surface area (Å²) in [5.74, 6) is -0.773. The van der Waals surface area contributed by atoms with Crippen LogP contribution in [0.1, 0.15) is 20.7 Å². The third-order valence-corrected chi connectivity index (χ3v) is 4.43. The molecule has 6 heteroatoms. The molecule has 0 saturated heterocycles. The van der Waals surface area contributed by atoms with Gasteiger partial charge in [-0.2, -0.15) is 0 Å². The van der Waals surface area contributed by atoms with Crippen LogP contribution in [0.3, 0.4) is 0 Å². The number of anilines is 1. The Balaban J connectivity index is 1.79. The molecule has 1 aromatic heterocycles. The lowest BCUT2D eigenvalue weighted by Crippen LogP contribution is -2.14. The van der Waals surface area contributed by atoms with Gasteiger partial charge in [0.1, 0.15) is 5.03 Å². The van der Waals surface area contributed by atoms with Crippen LogP contribution in [-0.2, 0) is 0 Å². The topological polar surface area (TPSA) is 85.1 Å². The number of hydrogen-bond donors (Lipinski definition) is 2. The molecule has 0 saturated carbocycles. The molecule has 1 heterocycles. The monoisotopic (exact) mass is 349 g/mol. The van der Waals surface area contributed by atoms with E-state index in [2.05, 4.69) is 10.3 Å². The summed E-state index contributed by atoms with van der Waals surface area (Å²) in [5.41, 5.74) is 6.66. The maximum atomic E-state index is 12.6. The average molecular weight is 349 g/mol. The molecule has 124 valence electrons. The van der Waals surface area contributed by atoms with Gasteiger partial charge in [0, 0.05) is 22.3 Å². The molecule has 5 nitrogen and oxygen atoms in total. The third-order valence-electron chi connectivity index (χ3n) is 3.40. The normalized spacial score (nSPS) is 10.2. The van der Waals surface area contributed by atoms with Gasteiger partial charge in [-0.3, -0.25) is 9.59 Å². The largest absolute Gasteiger partial charge is 0.366 e. The highest BCUT2D eigenvalue weighted by atomic mass is 32.2. The minimum Gasteiger partial charge on any atom is -0.366 e. The van der Waals surface area contributed by atoms with Crippen molar-refractivity contribution in [1.29, 1.82) is 0 Å². The predicted molar refractivity (Wildman–Crippen MR) is 97.7 cm³/mol. The Labute approximate surface area is 149 Å². The lowest BCUT2D eigenvalue weighted by Gasteiger charge is -2.09. The van der Waals surface area contributed by atoms with Crippen molar-refractivity contribution in [1.82, 2.24) is 4.98 Å². The molecule has 0 aliphatic heterocycles. The van der Waals surface area contributed by atoms with Crippen molar-refractivity contribution in [3.63, 3.8) is 0 Å². The van der Waals surface area contributed by atoms with Crippen LogP contribution < -0.4 is 11.1 Å². The van der Waals surface area contributed by atoms with Gasteiger partial charge in [-0.25, -0.2) is 4.98 Å². The lowest BCUT2D eigenvalue weighted by molar-refractivity contribution is 0.0998. The molecule has 0 aliphatic rings. The van der Waals surface area contributed by atoms with Crippen LogP contribution in [0.5, 0.6) is 0 Å². The zero-order valence-electron chi connectivity index (χ0n) is 13.2. The van der Waals surface area contributed by atoms with Crippen LogP contribution in [0.25, 0.3) is 0 Å². The average Bonchev–Trinajstić information content (AvgIpc) is 2.63. The molecule has 3 N–H and O–H groups in total. The fourth-order valence-electron chi connectivity index (χ4n) is 2.16. The molecule has 0 bridgehead atoms. The Hall–Kier alpha value is -3.12. The summed E-state index contributed by atoms with van der Waals surface area (Å²) in [6.07, 6.45) is 1.66. The molecule has 0 atom stereocenters. The molecule has 0 spiro atoms. The van der Waals surface area contributed by atoms with Crippen molar-refractivity contribution in [2.75, 3.05) is 5.32 Å². The minimum absolute atomic E-state index is 0.265. The van der Waals surface area contributed by atoms with Gasteiger partial charge in [-0.1, -0.05) is 30.0 Å². The number of carbonyl (C=O) groups excluding carboxylic acids is 2. The summed E-state index contributed by atoms with van der Waals surface area (Å²) < 4.78 is 0. The maximum Gasteiger partial charge on any atom is 0.258 e. The molecule has 3 aromatic rings. The minimum atomic E-state index is -0.508. The molecule has 3 rings (SSSR count). The highest BCUT2D eigenvalue weighted by molar-refractivity contribution is 7.99. The Morgan fingerprint density at radius 2 is 1.64 bits per heavy atom. The highest BCUT2D eigenvalue weighted by Gasteiger charge is 2.14. The summed E-state index contributed by atoms with van der Waals surface area (Å²) in [5, 5.41) is 3.43. The molecule has 0 fully saturated rings. The fraction of sp³-hybridized carbons (Fsp3) is 0. The van der Waals surface area contributed by atoms with Crippen LogP contribution >= 0.6 is 11.8 Å². The molecule has 0 unspecified atom stereocenters. The number of amides is 2.